The Morgan fingerprint density at radius 2 is 1.95 bits per heavy atom. The highest BCUT2D eigenvalue weighted by Crippen LogP contribution is 2.31. The number of hydrogen-bond donors (Lipinski definition) is 1. The summed E-state index contributed by atoms with van der Waals surface area (Å²) < 4.78 is 0. The Labute approximate surface area is 120 Å². The first-order chi connectivity index (χ1) is 10.0. The zero-order valence-corrected chi connectivity index (χ0v) is 11.3. The number of hydrogen-bond acceptors (Lipinski definition) is 5. The maximum absolute atomic E-state index is 11.1. The van der Waals surface area contributed by atoms with Gasteiger partial charge in [-0.15, -0.1) is 0 Å². The molecule has 7 nitrogen and oxygen atoms in total. The molecule has 0 unspecified atom stereocenters. The van der Waals surface area contributed by atoms with Gasteiger partial charge < -0.3 is 10.0 Å². The van der Waals surface area contributed by atoms with Gasteiger partial charge in [0.15, 0.2) is 5.69 Å². The van der Waals surface area contributed by atoms with Crippen molar-refractivity contribution in [1.29, 1.82) is 0 Å². The number of carboxylic acids is 1. The van der Waals surface area contributed by atoms with E-state index in [0.717, 1.165) is 12.1 Å². The van der Waals surface area contributed by atoms with E-state index < -0.39 is 10.9 Å². The lowest BCUT2D eigenvalue weighted by molar-refractivity contribution is -0.384. The molecule has 2 rings (SSSR count). The van der Waals surface area contributed by atoms with E-state index >= 15 is 0 Å². The van der Waals surface area contributed by atoms with E-state index in [1.54, 1.807) is 29.2 Å². The summed E-state index contributed by atoms with van der Waals surface area (Å²) in [6, 6.07) is 11.3. The summed E-state index contributed by atoms with van der Waals surface area (Å²) in [5, 5.41) is 20.2. The highest BCUT2D eigenvalue weighted by Gasteiger charge is 2.23. The number of anilines is 2. The molecule has 0 amide bonds. The van der Waals surface area contributed by atoms with Gasteiger partial charge in [-0.05, 0) is 25.1 Å². The van der Waals surface area contributed by atoms with E-state index in [1.807, 2.05) is 13.0 Å². The largest absolute Gasteiger partial charge is 0.477 e. The molecule has 108 valence electrons. The summed E-state index contributed by atoms with van der Waals surface area (Å²) in [5.74, 6) is -1.20. The summed E-state index contributed by atoms with van der Waals surface area (Å²) >= 11 is 0. The second-order valence-electron chi connectivity index (χ2n) is 4.18. The third-order valence-corrected chi connectivity index (χ3v) is 2.91. The minimum Gasteiger partial charge on any atom is -0.477 e. The molecule has 0 saturated carbocycles. The van der Waals surface area contributed by atoms with Crippen LogP contribution in [0.5, 0.6) is 0 Å². The predicted octanol–water partition coefficient (Wildman–Crippen LogP) is 2.85. The first-order valence-electron chi connectivity index (χ1n) is 6.26. The number of aromatic nitrogens is 1. The van der Waals surface area contributed by atoms with Crippen molar-refractivity contribution in [1.82, 2.24) is 4.98 Å². The van der Waals surface area contributed by atoms with Crippen LogP contribution in [0.2, 0.25) is 0 Å². The molecule has 1 aromatic heterocycles. The van der Waals surface area contributed by atoms with Gasteiger partial charge in [-0.1, -0.05) is 18.2 Å². The lowest BCUT2D eigenvalue weighted by Gasteiger charge is -2.21. The maximum atomic E-state index is 11.1. The number of para-hydroxylation sites is 1. The van der Waals surface area contributed by atoms with Crippen LogP contribution in [-0.4, -0.2) is 27.5 Å². The molecule has 0 fully saturated rings. The maximum Gasteiger partial charge on any atom is 0.354 e. The molecule has 1 aromatic carbocycles. The number of nitrogens with zero attached hydrogens (tertiary/aromatic N) is 3. The first-order valence-corrected chi connectivity index (χ1v) is 6.26. The normalized spacial score (nSPS) is 10.1. The van der Waals surface area contributed by atoms with E-state index in [2.05, 4.69) is 4.98 Å². The molecule has 0 bridgehead atoms. The van der Waals surface area contributed by atoms with Crippen molar-refractivity contribution >= 4 is 23.2 Å². The van der Waals surface area contributed by atoms with E-state index in [1.165, 1.54) is 0 Å². The van der Waals surface area contributed by atoms with E-state index in [-0.39, 0.29) is 17.2 Å². The van der Waals surface area contributed by atoms with Crippen LogP contribution in [-0.2, 0) is 0 Å². The van der Waals surface area contributed by atoms with Gasteiger partial charge in [0.05, 0.1) is 4.92 Å². The summed E-state index contributed by atoms with van der Waals surface area (Å²) in [7, 11) is 0. The van der Waals surface area contributed by atoms with Gasteiger partial charge in [-0.25, -0.2) is 9.78 Å². The first kappa shape index (κ1) is 14.4. The smallest absolute Gasteiger partial charge is 0.354 e. The van der Waals surface area contributed by atoms with E-state index in [4.69, 9.17) is 5.11 Å². The van der Waals surface area contributed by atoms with Crippen molar-refractivity contribution in [2.24, 2.45) is 0 Å². The molecule has 2 aromatic rings. The summed E-state index contributed by atoms with van der Waals surface area (Å²) in [6.45, 7) is 2.23. The minimum absolute atomic E-state index is 0.0219. The Balaban J connectivity index is 2.60. The summed E-state index contributed by atoms with van der Waals surface area (Å²) in [6.07, 6.45) is 0. The fourth-order valence-electron chi connectivity index (χ4n) is 1.96. The molecule has 0 aliphatic carbocycles. The van der Waals surface area contributed by atoms with Gasteiger partial charge in [0.25, 0.3) is 0 Å². The summed E-state index contributed by atoms with van der Waals surface area (Å²) in [4.78, 5) is 27.1. The lowest BCUT2D eigenvalue weighted by atomic mass is 10.2. The molecule has 7 heteroatoms. The molecule has 0 spiro atoms. The van der Waals surface area contributed by atoms with Crippen molar-refractivity contribution in [3.63, 3.8) is 0 Å². The number of carboxylic acid groups (broad SMARTS) is 1. The number of pyridine rings is 1. The second-order valence-corrected chi connectivity index (χ2v) is 4.18. The number of nitro groups is 1. The van der Waals surface area contributed by atoms with Gasteiger partial charge in [0.2, 0.25) is 5.82 Å². The molecule has 0 radical (unpaired) electrons. The molecular formula is C14H13N3O4. The van der Waals surface area contributed by atoms with Crippen LogP contribution in [0, 0.1) is 10.1 Å². The van der Waals surface area contributed by atoms with Gasteiger partial charge >= 0.3 is 11.7 Å². The monoisotopic (exact) mass is 287 g/mol. The molecule has 1 heterocycles. The van der Waals surface area contributed by atoms with Gasteiger partial charge in [0.1, 0.15) is 0 Å². The topological polar surface area (TPSA) is 96.6 Å². The molecule has 0 aliphatic rings. The fourth-order valence-corrected chi connectivity index (χ4v) is 1.96. The molecule has 0 saturated heterocycles. The highest BCUT2D eigenvalue weighted by atomic mass is 16.6. The van der Waals surface area contributed by atoms with Crippen LogP contribution in [0.15, 0.2) is 42.5 Å². The Kier molecular flexibility index (Phi) is 4.13. The Morgan fingerprint density at radius 1 is 1.29 bits per heavy atom. The highest BCUT2D eigenvalue weighted by molar-refractivity contribution is 5.87. The number of aromatic carboxylic acids is 1. The van der Waals surface area contributed by atoms with Crippen molar-refractivity contribution < 1.29 is 14.8 Å². The van der Waals surface area contributed by atoms with Gasteiger partial charge in [-0.3, -0.25) is 10.1 Å². The Bertz CT molecular complexity index is 673. The average Bonchev–Trinajstić information content (AvgIpc) is 2.48. The molecule has 1 N–H and O–H groups in total. The molecule has 21 heavy (non-hydrogen) atoms. The van der Waals surface area contributed by atoms with Gasteiger partial charge in [0, 0.05) is 18.3 Å². The zero-order valence-electron chi connectivity index (χ0n) is 11.3. The number of benzene rings is 1. The molecular weight excluding hydrogens is 274 g/mol. The molecule has 0 atom stereocenters. The zero-order chi connectivity index (χ0) is 15.4. The van der Waals surface area contributed by atoms with Crippen LogP contribution in [0.1, 0.15) is 17.4 Å². The average molecular weight is 287 g/mol. The van der Waals surface area contributed by atoms with Crippen LogP contribution in [0.3, 0.4) is 0 Å². The van der Waals surface area contributed by atoms with Crippen molar-refractivity contribution in [2.45, 2.75) is 6.92 Å². The predicted molar refractivity (Wildman–Crippen MR) is 77.0 cm³/mol. The number of carbonyl (C=O) groups is 1. The third-order valence-electron chi connectivity index (χ3n) is 2.91. The van der Waals surface area contributed by atoms with Crippen molar-refractivity contribution in [2.75, 3.05) is 11.4 Å². The SMILES string of the molecule is CCN(c1ccccc1)c1nc(C(=O)O)ccc1[N+](=O)[O-]. The molecule has 0 aliphatic heterocycles. The summed E-state index contributed by atoms with van der Waals surface area (Å²) in [5.41, 5.74) is 0.244. The standard InChI is InChI=1S/C14H13N3O4/c1-2-16(10-6-4-3-5-7-10)13-12(17(20)21)9-8-11(15-13)14(18)19/h3-9H,2H2,1H3,(H,18,19). The lowest BCUT2D eigenvalue weighted by Crippen LogP contribution is -2.20. The minimum atomic E-state index is -1.23. The van der Waals surface area contributed by atoms with E-state index in [0.29, 0.717) is 12.2 Å². The quantitative estimate of drug-likeness (QED) is 0.671. The van der Waals surface area contributed by atoms with E-state index in [9.17, 15) is 14.9 Å². The van der Waals surface area contributed by atoms with Crippen LogP contribution >= 0.6 is 0 Å². The van der Waals surface area contributed by atoms with Crippen LogP contribution in [0.4, 0.5) is 17.2 Å². The Hall–Kier alpha value is -2.96. The third kappa shape index (κ3) is 2.97. The fraction of sp³-hybridized carbons (Fsp3) is 0.143. The van der Waals surface area contributed by atoms with Gasteiger partial charge in [-0.2, -0.15) is 0 Å². The van der Waals surface area contributed by atoms with Crippen molar-refractivity contribution in [3.05, 3.63) is 58.3 Å². The van der Waals surface area contributed by atoms with Crippen molar-refractivity contribution in [3.8, 4) is 0 Å². The van der Waals surface area contributed by atoms with Crippen LogP contribution < -0.4 is 4.90 Å². The number of rotatable bonds is 5. The van der Waals surface area contributed by atoms with Crippen LogP contribution in [0.25, 0.3) is 0 Å². The second kappa shape index (κ2) is 6.00. The Morgan fingerprint density at radius 3 is 2.48 bits per heavy atom.